The summed E-state index contributed by atoms with van der Waals surface area (Å²) in [5.74, 6) is 0.177. The molecule has 0 bridgehead atoms. The Balaban J connectivity index is 2.02. The Morgan fingerprint density at radius 1 is 1.35 bits per heavy atom. The number of sulfonamides is 1. The summed E-state index contributed by atoms with van der Waals surface area (Å²) in [5, 5.41) is 13.0. The maximum atomic E-state index is 12.1. The second kappa shape index (κ2) is 5.82. The van der Waals surface area contributed by atoms with Gasteiger partial charge in [0.2, 0.25) is 0 Å². The van der Waals surface area contributed by atoms with Crippen molar-refractivity contribution in [2.45, 2.75) is 11.4 Å². The van der Waals surface area contributed by atoms with E-state index in [4.69, 9.17) is 16.7 Å². The van der Waals surface area contributed by atoms with Crippen molar-refractivity contribution in [3.05, 3.63) is 41.0 Å². The fourth-order valence-corrected chi connectivity index (χ4v) is 3.45. The van der Waals surface area contributed by atoms with Gasteiger partial charge in [-0.1, -0.05) is 23.7 Å². The highest BCUT2D eigenvalue weighted by atomic mass is 35.5. The van der Waals surface area contributed by atoms with Crippen LogP contribution in [0.5, 0.6) is 5.75 Å². The first-order valence-corrected chi connectivity index (χ1v) is 7.71. The van der Waals surface area contributed by atoms with Crippen LogP contribution in [0.25, 0.3) is 0 Å². The molecule has 0 saturated heterocycles. The van der Waals surface area contributed by atoms with Crippen molar-refractivity contribution in [1.82, 2.24) is 14.5 Å². The van der Waals surface area contributed by atoms with Crippen LogP contribution in [0, 0.1) is 0 Å². The molecule has 0 saturated carbocycles. The zero-order valence-corrected chi connectivity index (χ0v) is 12.3. The molecular weight excluding hydrogens is 302 g/mol. The van der Waals surface area contributed by atoms with E-state index in [1.165, 1.54) is 17.9 Å². The van der Waals surface area contributed by atoms with Gasteiger partial charge in [-0.15, -0.1) is 0 Å². The molecule has 0 unspecified atom stereocenters. The zero-order chi connectivity index (χ0) is 14.8. The summed E-state index contributed by atoms with van der Waals surface area (Å²) in [4.78, 5) is 0. The van der Waals surface area contributed by atoms with Gasteiger partial charge in [0.15, 0.2) is 5.03 Å². The molecule has 1 heterocycles. The molecule has 1 aromatic heterocycles. The molecule has 6 nitrogen and oxygen atoms in total. The maximum absolute atomic E-state index is 12.1. The smallest absolute Gasteiger partial charge is 0.259 e. The Labute approximate surface area is 122 Å². The third-order valence-corrected chi connectivity index (χ3v) is 4.71. The van der Waals surface area contributed by atoms with Crippen LogP contribution >= 0.6 is 11.6 Å². The second-order valence-electron chi connectivity index (χ2n) is 4.24. The van der Waals surface area contributed by atoms with E-state index < -0.39 is 10.0 Å². The van der Waals surface area contributed by atoms with Crippen LogP contribution in [0.4, 0.5) is 0 Å². The third kappa shape index (κ3) is 3.30. The number of halogens is 1. The van der Waals surface area contributed by atoms with Gasteiger partial charge in [0.1, 0.15) is 5.75 Å². The molecular formula is C12H14ClN3O3S. The molecule has 2 rings (SSSR count). The highest BCUT2D eigenvalue weighted by molar-refractivity contribution is 7.89. The van der Waals surface area contributed by atoms with Crippen molar-refractivity contribution in [2.75, 3.05) is 6.54 Å². The van der Waals surface area contributed by atoms with E-state index in [1.807, 2.05) is 0 Å². The summed E-state index contributed by atoms with van der Waals surface area (Å²) < 4.78 is 27.8. The first kappa shape index (κ1) is 14.8. The molecule has 0 amide bonds. The molecule has 108 valence electrons. The van der Waals surface area contributed by atoms with Gasteiger partial charge >= 0.3 is 0 Å². The average molecular weight is 316 g/mol. The molecule has 0 atom stereocenters. The minimum absolute atomic E-state index is 0.0510. The quantitative estimate of drug-likeness (QED) is 0.871. The molecule has 0 fully saturated rings. The van der Waals surface area contributed by atoms with Crippen molar-refractivity contribution in [3.8, 4) is 5.75 Å². The fraction of sp³-hybridized carbons (Fsp3) is 0.250. The Morgan fingerprint density at radius 3 is 2.55 bits per heavy atom. The topological polar surface area (TPSA) is 84.2 Å². The minimum Gasteiger partial charge on any atom is -0.508 e. The Morgan fingerprint density at radius 2 is 2.00 bits per heavy atom. The van der Waals surface area contributed by atoms with E-state index in [9.17, 15) is 8.42 Å². The van der Waals surface area contributed by atoms with Gasteiger partial charge in [-0.05, 0) is 24.1 Å². The Bertz CT molecular complexity index is 676. The maximum Gasteiger partial charge on any atom is 0.259 e. The lowest BCUT2D eigenvalue weighted by Gasteiger charge is -2.07. The van der Waals surface area contributed by atoms with Gasteiger partial charge in [-0.2, -0.15) is 5.10 Å². The molecule has 0 spiro atoms. The molecule has 2 N–H and O–H groups in total. The molecule has 2 aromatic rings. The summed E-state index contributed by atoms with van der Waals surface area (Å²) in [7, 11) is -2.17. The first-order valence-electron chi connectivity index (χ1n) is 5.85. The van der Waals surface area contributed by atoms with Crippen LogP contribution in [-0.2, 0) is 23.5 Å². The van der Waals surface area contributed by atoms with Crippen molar-refractivity contribution in [1.29, 1.82) is 0 Å². The molecule has 1 aromatic carbocycles. The first-order chi connectivity index (χ1) is 9.40. The highest BCUT2D eigenvalue weighted by Gasteiger charge is 2.21. The lowest BCUT2D eigenvalue weighted by atomic mass is 10.1. The van der Waals surface area contributed by atoms with Gasteiger partial charge < -0.3 is 5.11 Å². The van der Waals surface area contributed by atoms with Gasteiger partial charge in [0.25, 0.3) is 10.0 Å². The van der Waals surface area contributed by atoms with Gasteiger partial charge in [0.05, 0.1) is 11.2 Å². The van der Waals surface area contributed by atoms with Gasteiger partial charge in [-0.3, -0.25) is 4.68 Å². The Hall–Kier alpha value is -1.57. The number of phenolic OH excluding ortho intramolecular Hbond substituents is 1. The summed E-state index contributed by atoms with van der Waals surface area (Å²) in [5.41, 5.74) is 0.918. The zero-order valence-electron chi connectivity index (χ0n) is 10.7. The predicted octanol–water partition coefficient (Wildman–Crippen LogP) is 1.30. The normalized spacial score (nSPS) is 11.7. The summed E-state index contributed by atoms with van der Waals surface area (Å²) >= 11 is 5.81. The number of phenols is 1. The van der Waals surface area contributed by atoms with E-state index >= 15 is 0 Å². The fourth-order valence-electron chi connectivity index (χ4n) is 1.76. The number of aromatic nitrogens is 2. The van der Waals surface area contributed by atoms with Crippen LogP contribution in [0.3, 0.4) is 0 Å². The van der Waals surface area contributed by atoms with Crippen LogP contribution < -0.4 is 4.72 Å². The van der Waals surface area contributed by atoms with Crippen LogP contribution in [-0.4, -0.2) is 29.8 Å². The number of aromatic hydroxyl groups is 1. The lowest BCUT2D eigenvalue weighted by molar-refractivity contribution is 0.475. The van der Waals surface area contributed by atoms with E-state index in [0.717, 1.165) is 5.56 Å². The van der Waals surface area contributed by atoms with Crippen LogP contribution in [0.2, 0.25) is 5.02 Å². The molecule has 0 radical (unpaired) electrons. The monoisotopic (exact) mass is 315 g/mol. The largest absolute Gasteiger partial charge is 0.508 e. The van der Waals surface area contributed by atoms with E-state index in [0.29, 0.717) is 6.42 Å². The highest BCUT2D eigenvalue weighted by Crippen LogP contribution is 2.19. The van der Waals surface area contributed by atoms with E-state index in [2.05, 4.69) is 9.82 Å². The third-order valence-electron chi connectivity index (χ3n) is 2.74. The van der Waals surface area contributed by atoms with Crippen molar-refractivity contribution in [3.63, 3.8) is 0 Å². The van der Waals surface area contributed by atoms with Crippen molar-refractivity contribution >= 4 is 21.6 Å². The number of nitrogens with zero attached hydrogens (tertiary/aromatic N) is 2. The number of hydrogen-bond donors (Lipinski definition) is 2. The van der Waals surface area contributed by atoms with Crippen LogP contribution in [0.15, 0.2) is 35.5 Å². The van der Waals surface area contributed by atoms with E-state index in [-0.39, 0.29) is 22.3 Å². The SMILES string of the molecule is Cn1ncc(Cl)c1S(=O)(=O)NCCc1ccc(O)cc1. The summed E-state index contributed by atoms with van der Waals surface area (Å²) in [6, 6.07) is 6.59. The van der Waals surface area contributed by atoms with Crippen molar-refractivity contribution < 1.29 is 13.5 Å². The number of rotatable bonds is 5. The standard InChI is InChI=1S/C12H14ClN3O3S/c1-16-12(11(13)8-14-16)20(18,19)15-7-6-9-2-4-10(17)5-3-9/h2-5,8,15,17H,6-7H2,1H3. The lowest BCUT2D eigenvalue weighted by Crippen LogP contribution is -2.28. The number of nitrogens with one attached hydrogen (secondary N) is 1. The van der Waals surface area contributed by atoms with E-state index in [1.54, 1.807) is 24.3 Å². The number of aryl methyl sites for hydroxylation is 1. The molecule has 0 aliphatic carbocycles. The molecule has 0 aliphatic rings. The summed E-state index contributed by atoms with van der Waals surface area (Å²) in [6.07, 6.45) is 1.80. The van der Waals surface area contributed by atoms with Crippen LogP contribution in [0.1, 0.15) is 5.56 Å². The van der Waals surface area contributed by atoms with Gasteiger partial charge in [0, 0.05) is 13.6 Å². The number of hydrogen-bond acceptors (Lipinski definition) is 4. The second-order valence-corrected chi connectivity index (χ2v) is 6.32. The average Bonchev–Trinajstić information content (AvgIpc) is 2.72. The number of benzene rings is 1. The predicted molar refractivity (Wildman–Crippen MR) is 75.2 cm³/mol. The molecule has 8 heteroatoms. The van der Waals surface area contributed by atoms with Crippen molar-refractivity contribution in [2.24, 2.45) is 7.05 Å². The van der Waals surface area contributed by atoms with Gasteiger partial charge in [-0.25, -0.2) is 13.1 Å². The minimum atomic E-state index is -3.69. The Kier molecular flexibility index (Phi) is 4.32. The molecule has 0 aliphatic heterocycles. The summed E-state index contributed by atoms with van der Waals surface area (Å²) in [6.45, 7) is 0.231. The molecule has 20 heavy (non-hydrogen) atoms.